The number of ether oxygens (including phenoxy) is 1. The summed E-state index contributed by atoms with van der Waals surface area (Å²) < 4.78 is 5.31. The third-order valence-corrected chi connectivity index (χ3v) is 3.99. The van der Waals surface area contributed by atoms with E-state index in [1.165, 1.54) is 11.1 Å². The van der Waals surface area contributed by atoms with Gasteiger partial charge >= 0.3 is 0 Å². The van der Waals surface area contributed by atoms with Crippen molar-refractivity contribution in [3.05, 3.63) is 35.4 Å². The summed E-state index contributed by atoms with van der Waals surface area (Å²) in [6.45, 7) is 2.86. The summed E-state index contributed by atoms with van der Waals surface area (Å²) in [7, 11) is 0. The first-order valence-electron chi connectivity index (χ1n) is 6.80. The second-order valence-corrected chi connectivity index (χ2v) is 5.08. The molecular weight excluding hydrogens is 226 g/mol. The van der Waals surface area contributed by atoms with Crippen LogP contribution < -0.4 is 0 Å². The zero-order chi connectivity index (χ0) is 12.4. The average molecular weight is 245 g/mol. The summed E-state index contributed by atoms with van der Waals surface area (Å²) >= 11 is 0. The van der Waals surface area contributed by atoms with E-state index in [1.807, 2.05) is 11.0 Å². The number of rotatable bonds is 1. The molecule has 0 aromatic heterocycles. The maximum atomic E-state index is 12.6. The summed E-state index contributed by atoms with van der Waals surface area (Å²) in [4.78, 5) is 14.6. The van der Waals surface area contributed by atoms with Gasteiger partial charge in [-0.05, 0) is 30.4 Å². The topological polar surface area (TPSA) is 29.5 Å². The molecule has 1 saturated heterocycles. The number of hydrogen-bond acceptors (Lipinski definition) is 2. The lowest BCUT2D eigenvalue weighted by atomic mass is 9.82. The Morgan fingerprint density at radius 1 is 1.22 bits per heavy atom. The zero-order valence-electron chi connectivity index (χ0n) is 10.6. The molecule has 3 rings (SSSR count). The van der Waals surface area contributed by atoms with Crippen LogP contribution in [0.15, 0.2) is 24.3 Å². The number of nitrogens with zero attached hydrogens (tertiary/aromatic N) is 1. The number of morpholine rings is 1. The summed E-state index contributed by atoms with van der Waals surface area (Å²) in [6.07, 6.45) is 3.23. The van der Waals surface area contributed by atoms with Crippen LogP contribution in [0, 0.1) is 0 Å². The van der Waals surface area contributed by atoms with Crippen LogP contribution in [0.4, 0.5) is 0 Å². The smallest absolute Gasteiger partial charge is 0.230 e. The molecule has 1 fully saturated rings. The first-order chi connectivity index (χ1) is 8.86. The van der Waals surface area contributed by atoms with E-state index in [4.69, 9.17) is 4.74 Å². The molecule has 1 aliphatic carbocycles. The molecule has 2 aliphatic rings. The fourth-order valence-electron chi connectivity index (χ4n) is 3.01. The Labute approximate surface area is 108 Å². The second-order valence-electron chi connectivity index (χ2n) is 5.08. The van der Waals surface area contributed by atoms with Gasteiger partial charge < -0.3 is 9.64 Å². The lowest BCUT2D eigenvalue weighted by Crippen LogP contribution is -2.43. The summed E-state index contributed by atoms with van der Waals surface area (Å²) in [6, 6.07) is 8.40. The predicted octanol–water partition coefficient (Wildman–Crippen LogP) is 1.97. The SMILES string of the molecule is O=C(C1CCCc2ccccc21)N1CCOCC1. The third kappa shape index (κ3) is 2.15. The Morgan fingerprint density at radius 2 is 2.00 bits per heavy atom. The number of aryl methyl sites for hydroxylation is 1. The molecule has 1 unspecified atom stereocenters. The molecule has 0 spiro atoms. The molecule has 1 aromatic rings. The van der Waals surface area contributed by atoms with Crippen LogP contribution >= 0.6 is 0 Å². The maximum Gasteiger partial charge on any atom is 0.230 e. The molecule has 0 bridgehead atoms. The minimum absolute atomic E-state index is 0.0769. The molecule has 1 aliphatic heterocycles. The number of benzene rings is 1. The largest absolute Gasteiger partial charge is 0.378 e. The highest BCUT2D eigenvalue weighted by Gasteiger charge is 2.30. The molecule has 1 aromatic carbocycles. The first-order valence-corrected chi connectivity index (χ1v) is 6.80. The highest BCUT2D eigenvalue weighted by atomic mass is 16.5. The monoisotopic (exact) mass is 245 g/mol. The van der Waals surface area contributed by atoms with Crippen LogP contribution in [-0.4, -0.2) is 37.1 Å². The van der Waals surface area contributed by atoms with E-state index in [9.17, 15) is 4.79 Å². The van der Waals surface area contributed by atoms with Gasteiger partial charge in [0.15, 0.2) is 0 Å². The molecule has 1 heterocycles. The van der Waals surface area contributed by atoms with E-state index in [0.29, 0.717) is 19.1 Å². The van der Waals surface area contributed by atoms with Crippen molar-refractivity contribution < 1.29 is 9.53 Å². The van der Waals surface area contributed by atoms with Crippen molar-refractivity contribution in [2.75, 3.05) is 26.3 Å². The van der Waals surface area contributed by atoms with E-state index in [2.05, 4.69) is 18.2 Å². The van der Waals surface area contributed by atoms with E-state index in [0.717, 1.165) is 32.4 Å². The van der Waals surface area contributed by atoms with Gasteiger partial charge in [-0.25, -0.2) is 0 Å². The van der Waals surface area contributed by atoms with Gasteiger partial charge in [0.1, 0.15) is 0 Å². The van der Waals surface area contributed by atoms with Crippen LogP contribution in [-0.2, 0) is 16.0 Å². The van der Waals surface area contributed by atoms with E-state index in [1.54, 1.807) is 0 Å². The van der Waals surface area contributed by atoms with Crippen molar-refractivity contribution in [2.24, 2.45) is 0 Å². The van der Waals surface area contributed by atoms with Crippen molar-refractivity contribution >= 4 is 5.91 Å². The van der Waals surface area contributed by atoms with Gasteiger partial charge in [-0.15, -0.1) is 0 Å². The van der Waals surface area contributed by atoms with Gasteiger partial charge in [0.2, 0.25) is 5.91 Å². The highest BCUT2D eigenvalue weighted by molar-refractivity contribution is 5.84. The number of carbonyl (C=O) groups is 1. The predicted molar refractivity (Wildman–Crippen MR) is 69.5 cm³/mol. The van der Waals surface area contributed by atoms with Gasteiger partial charge in [-0.1, -0.05) is 24.3 Å². The minimum atomic E-state index is 0.0769. The van der Waals surface area contributed by atoms with Crippen molar-refractivity contribution in [2.45, 2.75) is 25.2 Å². The molecule has 0 saturated carbocycles. The molecule has 1 atom stereocenters. The zero-order valence-corrected chi connectivity index (χ0v) is 10.6. The Balaban J connectivity index is 1.82. The lowest BCUT2D eigenvalue weighted by molar-refractivity contribution is -0.137. The van der Waals surface area contributed by atoms with Crippen LogP contribution in [0.2, 0.25) is 0 Å². The maximum absolute atomic E-state index is 12.6. The second kappa shape index (κ2) is 5.11. The normalized spacial score (nSPS) is 23.6. The van der Waals surface area contributed by atoms with Gasteiger partial charge in [-0.3, -0.25) is 4.79 Å². The quantitative estimate of drug-likeness (QED) is 0.757. The third-order valence-electron chi connectivity index (χ3n) is 3.99. The van der Waals surface area contributed by atoms with Crippen molar-refractivity contribution in [1.82, 2.24) is 4.90 Å². The molecule has 0 N–H and O–H groups in total. The molecular formula is C15H19NO2. The molecule has 1 amide bonds. The number of hydrogen-bond donors (Lipinski definition) is 0. The van der Waals surface area contributed by atoms with Crippen molar-refractivity contribution in [1.29, 1.82) is 0 Å². The Hall–Kier alpha value is -1.35. The van der Waals surface area contributed by atoms with Crippen LogP contribution in [0.1, 0.15) is 29.9 Å². The van der Waals surface area contributed by atoms with Crippen molar-refractivity contribution in [3.8, 4) is 0 Å². The summed E-state index contributed by atoms with van der Waals surface area (Å²) in [5, 5.41) is 0. The van der Waals surface area contributed by atoms with Gasteiger partial charge in [0, 0.05) is 13.1 Å². The number of amides is 1. The fraction of sp³-hybridized carbons (Fsp3) is 0.533. The Morgan fingerprint density at radius 3 is 2.83 bits per heavy atom. The van der Waals surface area contributed by atoms with Crippen LogP contribution in [0.5, 0.6) is 0 Å². The molecule has 3 heteroatoms. The molecule has 96 valence electrons. The standard InChI is InChI=1S/C15H19NO2/c17-15(16-8-10-18-11-9-16)14-7-3-5-12-4-1-2-6-13(12)14/h1-2,4,6,14H,3,5,7-11H2. The summed E-state index contributed by atoms with van der Waals surface area (Å²) in [5.74, 6) is 0.374. The number of fused-ring (bicyclic) bond motifs is 1. The molecule has 18 heavy (non-hydrogen) atoms. The van der Waals surface area contributed by atoms with E-state index < -0.39 is 0 Å². The minimum Gasteiger partial charge on any atom is -0.378 e. The van der Waals surface area contributed by atoms with E-state index >= 15 is 0 Å². The average Bonchev–Trinajstić information content (AvgIpc) is 2.47. The molecule has 3 nitrogen and oxygen atoms in total. The van der Waals surface area contributed by atoms with Crippen LogP contribution in [0.25, 0.3) is 0 Å². The first kappa shape index (κ1) is 11.7. The van der Waals surface area contributed by atoms with Crippen LogP contribution in [0.3, 0.4) is 0 Å². The van der Waals surface area contributed by atoms with Crippen molar-refractivity contribution in [3.63, 3.8) is 0 Å². The fourth-order valence-corrected chi connectivity index (χ4v) is 3.01. The Bertz CT molecular complexity index is 438. The van der Waals surface area contributed by atoms with Gasteiger partial charge in [-0.2, -0.15) is 0 Å². The van der Waals surface area contributed by atoms with E-state index in [-0.39, 0.29) is 5.92 Å². The summed E-state index contributed by atoms with van der Waals surface area (Å²) in [5.41, 5.74) is 2.61. The highest BCUT2D eigenvalue weighted by Crippen LogP contribution is 2.32. The number of carbonyl (C=O) groups excluding carboxylic acids is 1. The molecule has 0 radical (unpaired) electrons. The van der Waals surface area contributed by atoms with Gasteiger partial charge in [0.25, 0.3) is 0 Å². The van der Waals surface area contributed by atoms with Gasteiger partial charge in [0.05, 0.1) is 19.1 Å². The lowest BCUT2D eigenvalue weighted by Gasteiger charge is -2.33. The Kier molecular flexibility index (Phi) is 3.33.